The van der Waals surface area contributed by atoms with Crippen LogP contribution in [0.15, 0.2) is 22.5 Å². The molecule has 2 N–H and O–H groups in total. The molecule has 0 bridgehead atoms. The maximum Gasteiger partial charge on any atom is 0.279 e. The summed E-state index contributed by atoms with van der Waals surface area (Å²) in [6, 6.07) is 3.43. The van der Waals surface area contributed by atoms with E-state index >= 15 is 0 Å². The van der Waals surface area contributed by atoms with Gasteiger partial charge in [-0.2, -0.15) is 0 Å². The number of hydrazine groups is 1. The van der Waals surface area contributed by atoms with Crippen LogP contribution < -0.4 is 10.9 Å². The first-order valence-corrected chi connectivity index (χ1v) is 8.31. The van der Waals surface area contributed by atoms with Gasteiger partial charge in [-0.25, -0.2) is 0 Å². The van der Waals surface area contributed by atoms with Gasteiger partial charge in [0.15, 0.2) is 0 Å². The van der Waals surface area contributed by atoms with Crippen LogP contribution in [-0.4, -0.2) is 23.6 Å². The van der Waals surface area contributed by atoms with Crippen molar-refractivity contribution in [3.05, 3.63) is 22.4 Å². The maximum atomic E-state index is 12.4. The highest BCUT2D eigenvalue weighted by Gasteiger charge is 2.42. The number of carbonyl (C=O) groups is 2. The average molecular weight is 321 g/mol. The molecule has 1 aliphatic heterocycles. The zero-order valence-electron chi connectivity index (χ0n) is 13.6. The lowest BCUT2D eigenvalue weighted by Gasteiger charge is -2.25. The van der Waals surface area contributed by atoms with E-state index in [1.54, 1.807) is 12.1 Å². The zero-order chi connectivity index (χ0) is 16.5. The minimum Gasteiger partial charge on any atom is -0.289 e. The Hall–Kier alpha value is -1.69. The summed E-state index contributed by atoms with van der Waals surface area (Å²) < 4.78 is 0. The Labute approximate surface area is 135 Å². The lowest BCUT2D eigenvalue weighted by molar-refractivity contribution is -0.126. The minimum atomic E-state index is -0.293. The van der Waals surface area contributed by atoms with Crippen LogP contribution in [0.1, 0.15) is 44.3 Å². The van der Waals surface area contributed by atoms with Crippen molar-refractivity contribution in [2.75, 3.05) is 0 Å². The van der Waals surface area contributed by atoms with Gasteiger partial charge in [0.1, 0.15) is 0 Å². The van der Waals surface area contributed by atoms with Gasteiger partial charge in [0, 0.05) is 17.0 Å². The standard InChI is InChI=1S/C16H23N3O2S/c1-9-12(10(2)17-13(9)16(3,4)5)15(21)19-18-14(20)11-7-6-8-22-11/h6-10,12H,1-5H3,(H,18,20)(H,19,21). The summed E-state index contributed by atoms with van der Waals surface area (Å²) in [6.07, 6.45) is 0. The number of nitrogens with one attached hydrogen (secondary N) is 2. The smallest absolute Gasteiger partial charge is 0.279 e. The van der Waals surface area contributed by atoms with Gasteiger partial charge in [-0.3, -0.25) is 25.4 Å². The normalized spacial score (nSPS) is 24.8. The highest BCUT2D eigenvalue weighted by atomic mass is 32.1. The Morgan fingerprint density at radius 3 is 2.41 bits per heavy atom. The topological polar surface area (TPSA) is 70.6 Å². The van der Waals surface area contributed by atoms with E-state index in [4.69, 9.17) is 0 Å². The molecule has 0 saturated heterocycles. The number of rotatable bonds is 2. The van der Waals surface area contributed by atoms with E-state index in [-0.39, 0.29) is 35.1 Å². The van der Waals surface area contributed by atoms with Gasteiger partial charge in [-0.1, -0.05) is 33.8 Å². The van der Waals surface area contributed by atoms with Crippen molar-refractivity contribution < 1.29 is 9.59 Å². The van der Waals surface area contributed by atoms with Crippen LogP contribution >= 0.6 is 11.3 Å². The second-order valence-corrected chi connectivity index (χ2v) is 7.69. The third-order valence-corrected chi connectivity index (χ3v) is 4.82. The van der Waals surface area contributed by atoms with Gasteiger partial charge < -0.3 is 0 Å². The quantitative estimate of drug-likeness (QED) is 0.822. The van der Waals surface area contributed by atoms with Crippen LogP contribution in [0, 0.1) is 17.3 Å². The molecule has 0 aliphatic carbocycles. The molecule has 1 aromatic rings. The van der Waals surface area contributed by atoms with Gasteiger partial charge >= 0.3 is 0 Å². The zero-order valence-corrected chi connectivity index (χ0v) is 14.5. The molecule has 3 atom stereocenters. The second kappa shape index (κ2) is 6.20. The van der Waals surface area contributed by atoms with E-state index in [1.807, 2.05) is 19.2 Å². The average Bonchev–Trinajstić information content (AvgIpc) is 3.03. The fourth-order valence-corrected chi connectivity index (χ4v) is 3.62. The van der Waals surface area contributed by atoms with Crippen molar-refractivity contribution in [3.63, 3.8) is 0 Å². The third-order valence-electron chi connectivity index (χ3n) is 3.95. The van der Waals surface area contributed by atoms with E-state index < -0.39 is 0 Å². The molecule has 2 rings (SSSR count). The molecule has 1 aliphatic rings. The fourth-order valence-electron chi connectivity index (χ4n) is 3.00. The Morgan fingerprint density at radius 1 is 1.23 bits per heavy atom. The van der Waals surface area contributed by atoms with Crippen molar-refractivity contribution in [1.29, 1.82) is 0 Å². The van der Waals surface area contributed by atoms with Crippen LogP contribution in [-0.2, 0) is 4.79 Å². The Morgan fingerprint density at radius 2 is 1.91 bits per heavy atom. The van der Waals surface area contributed by atoms with Gasteiger partial charge in [0.25, 0.3) is 5.91 Å². The largest absolute Gasteiger partial charge is 0.289 e. The number of carbonyl (C=O) groups excluding carboxylic acids is 2. The van der Waals surface area contributed by atoms with E-state index in [1.165, 1.54) is 11.3 Å². The molecule has 22 heavy (non-hydrogen) atoms. The van der Waals surface area contributed by atoms with Crippen LogP contribution in [0.5, 0.6) is 0 Å². The molecule has 0 spiro atoms. The van der Waals surface area contributed by atoms with Crippen LogP contribution in [0.3, 0.4) is 0 Å². The summed E-state index contributed by atoms with van der Waals surface area (Å²) in [5.41, 5.74) is 6.03. The summed E-state index contributed by atoms with van der Waals surface area (Å²) in [7, 11) is 0. The summed E-state index contributed by atoms with van der Waals surface area (Å²) in [5.74, 6) is -0.668. The highest BCUT2D eigenvalue weighted by Crippen LogP contribution is 2.35. The van der Waals surface area contributed by atoms with Crippen LogP contribution in [0.2, 0.25) is 0 Å². The fraction of sp³-hybridized carbons (Fsp3) is 0.562. The molecule has 2 heterocycles. The highest BCUT2D eigenvalue weighted by molar-refractivity contribution is 7.12. The molecular formula is C16H23N3O2S. The first-order chi connectivity index (χ1) is 10.2. The summed E-state index contributed by atoms with van der Waals surface area (Å²) >= 11 is 1.33. The van der Waals surface area contributed by atoms with E-state index in [0.29, 0.717) is 4.88 Å². The SMILES string of the molecule is CC1N=C(C(C)(C)C)C(C)C1C(=O)NNC(=O)c1cccs1. The van der Waals surface area contributed by atoms with Crippen molar-refractivity contribution in [3.8, 4) is 0 Å². The van der Waals surface area contributed by atoms with Gasteiger partial charge in [0.2, 0.25) is 5.91 Å². The predicted molar refractivity (Wildman–Crippen MR) is 88.9 cm³/mol. The number of nitrogens with zero attached hydrogens (tertiary/aromatic N) is 1. The van der Waals surface area contributed by atoms with Crippen LogP contribution in [0.25, 0.3) is 0 Å². The molecule has 1 aromatic heterocycles. The first kappa shape index (κ1) is 16.7. The lowest BCUT2D eigenvalue weighted by atomic mass is 9.78. The molecule has 2 amide bonds. The minimum absolute atomic E-state index is 0.0527. The monoisotopic (exact) mass is 321 g/mol. The maximum absolute atomic E-state index is 12.4. The number of hydrogen-bond acceptors (Lipinski definition) is 4. The van der Waals surface area contributed by atoms with Gasteiger partial charge in [-0.05, 0) is 18.4 Å². The molecule has 0 saturated carbocycles. The molecule has 6 heteroatoms. The van der Waals surface area contributed by atoms with Crippen molar-refractivity contribution in [1.82, 2.24) is 10.9 Å². The van der Waals surface area contributed by atoms with Crippen molar-refractivity contribution >= 4 is 28.9 Å². The van der Waals surface area contributed by atoms with Gasteiger partial charge in [0.05, 0.1) is 16.8 Å². The number of hydrogen-bond donors (Lipinski definition) is 2. The van der Waals surface area contributed by atoms with Crippen molar-refractivity contribution in [2.24, 2.45) is 22.2 Å². The van der Waals surface area contributed by atoms with E-state index in [2.05, 4.69) is 36.6 Å². The Kier molecular flexibility index (Phi) is 4.70. The first-order valence-electron chi connectivity index (χ1n) is 7.43. The summed E-state index contributed by atoms with van der Waals surface area (Å²) in [4.78, 5) is 29.5. The second-order valence-electron chi connectivity index (χ2n) is 6.74. The Balaban J connectivity index is 1.98. The van der Waals surface area contributed by atoms with Crippen LogP contribution in [0.4, 0.5) is 0 Å². The lowest BCUT2D eigenvalue weighted by Crippen LogP contribution is -2.47. The number of thiophene rings is 1. The summed E-state index contributed by atoms with van der Waals surface area (Å²) in [5, 5.41) is 1.82. The molecule has 0 aromatic carbocycles. The number of amides is 2. The molecule has 5 nitrogen and oxygen atoms in total. The molecule has 0 fully saturated rings. The number of aliphatic imine (C=N–C) groups is 1. The predicted octanol–water partition coefficient (Wildman–Crippen LogP) is 2.65. The molecule has 3 unspecified atom stereocenters. The van der Waals surface area contributed by atoms with Gasteiger partial charge in [-0.15, -0.1) is 11.3 Å². The molecular weight excluding hydrogens is 298 g/mol. The van der Waals surface area contributed by atoms with E-state index in [9.17, 15) is 9.59 Å². The third kappa shape index (κ3) is 3.38. The van der Waals surface area contributed by atoms with E-state index in [0.717, 1.165) is 5.71 Å². The van der Waals surface area contributed by atoms with Crippen molar-refractivity contribution in [2.45, 2.75) is 40.7 Å². The summed E-state index contributed by atoms with van der Waals surface area (Å²) in [6.45, 7) is 10.3. The molecule has 120 valence electrons. The molecule has 0 radical (unpaired) electrons. The Bertz CT molecular complexity index is 587.